The number of hydrogen-bond acceptors (Lipinski definition) is 3. The predicted octanol–water partition coefficient (Wildman–Crippen LogP) is 2.13. The molecule has 0 aromatic carbocycles. The molecule has 0 N–H and O–H groups in total. The smallest absolute Gasteiger partial charge is 0.247 e. The molecule has 2 rings (SSSR count). The van der Waals surface area contributed by atoms with Crippen LogP contribution in [0.2, 0.25) is 0 Å². The van der Waals surface area contributed by atoms with E-state index in [1.165, 1.54) is 0 Å². The van der Waals surface area contributed by atoms with Gasteiger partial charge in [-0.1, -0.05) is 0 Å². The lowest BCUT2D eigenvalue weighted by Crippen LogP contribution is -2.49. The van der Waals surface area contributed by atoms with E-state index in [-0.39, 0.29) is 18.0 Å². The summed E-state index contributed by atoms with van der Waals surface area (Å²) >= 11 is 3.45. The third-order valence-corrected chi connectivity index (χ3v) is 3.81. The maximum Gasteiger partial charge on any atom is 0.247 e. The third-order valence-electron chi connectivity index (χ3n) is 3.34. The van der Waals surface area contributed by atoms with Crippen LogP contribution in [0.5, 0.6) is 0 Å². The molecule has 0 saturated heterocycles. The fourth-order valence-corrected chi connectivity index (χ4v) is 2.73. The van der Waals surface area contributed by atoms with Gasteiger partial charge in [0.05, 0.1) is 6.04 Å². The van der Waals surface area contributed by atoms with Crippen LogP contribution in [0.25, 0.3) is 0 Å². The summed E-state index contributed by atoms with van der Waals surface area (Å²) in [6.45, 7) is 7.48. The predicted molar refractivity (Wildman–Crippen MR) is 76.6 cm³/mol. The monoisotopic (exact) mass is 311 g/mol. The molecular formula is C13H18BrN3O. The van der Waals surface area contributed by atoms with Crippen LogP contribution in [0.4, 0.5) is 0 Å². The van der Waals surface area contributed by atoms with Crippen molar-refractivity contribution in [1.82, 2.24) is 9.80 Å². The first-order valence-electron chi connectivity index (χ1n) is 6.28. The lowest BCUT2D eigenvalue weighted by atomic mass is 10.1. The van der Waals surface area contributed by atoms with E-state index in [1.807, 2.05) is 48.9 Å². The van der Waals surface area contributed by atoms with E-state index >= 15 is 0 Å². The number of amides is 1. The molecule has 4 nitrogen and oxygen atoms in total. The van der Waals surface area contributed by atoms with Crippen molar-refractivity contribution in [2.45, 2.75) is 32.9 Å². The van der Waals surface area contributed by atoms with Gasteiger partial charge in [-0.3, -0.25) is 9.79 Å². The summed E-state index contributed by atoms with van der Waals surface area (Å²) < 4.78 is 0.966. The number of hydrogen-bond donors (Lipinski definition) is 0. The molecule has 0 aliphatic carbocycles. The van der Waals surface area contributed by atoms with Gasteiger partial charge in [0, 0.05) is 23.8 Å². The van der Waals surface area contributed by atoms with Crippen LogP contribution in [-0.4, -0.2) is 46.7 Å². The van der Waals surface area contributed by atoms with E-state index in [9.17, 15) is 4.79 Å². The van der Waals surface area contributed by atoms with Gasteiger partial charge in [0.1, 0.15) is 11.9 Å². The first-order valence-corrected chi connectivity index (χ1v) is 7.08. The van der Waals surface area contributed by atoms with Crippen LogP contribution in [0, 0.1) is 0 Å². The molecular weight excluding hydrogens is 294 g/mol. The van der Waals surface area contributed by atoms with Gasteiger partial charge in [-0.15, -0.1) is 0 Å². The zero-order chi connectivity index (χ0) is 13.3. The normalized spacial score (nSPS) is 25.7. The number of allylic oxidation sites excluding steroid dienone is 2. The number of carbonyl (C=O) groups is 1. The van der Waals surface area contributed by atoms with Gasteiger partial charge in [-0.2, -0.15) is 0 Å². The summed E-state index contributed by atoms with van der Waals surface area (Å²) in [6.07, 6.45) is 5.83. The standard InChI is InChI=1S/C13H18BrN3O/c1-4-16(5-2)13(18)12-9(3)15-11-7-6-10(14)8-17(11)12/h6-9,12H,4-5H2,1-3H3/t9?,12-/m0/s1. The molecule has 5 heteroatoms. The molecule has 2 heterocycles. The Balaban J connectivity index is 2.25. The number of halogens is 1. The largest absolute Gasteiger partial charge is 0.341 e. The van der Waals surface area contributed by atoms with E-state index in [4.69, 9.17) is 0 Å². The SMILES string of the molecule is CCN(CC)C(=O)[C@@H]1C(C)N=C2C=CC(Br)=CN21. The highest BCUT2D eigenvalue weighted by molar-refractivity contribution is 9.11. The molecule has 18 heavy (non-hydrogen) atoms. The number of aliphatic imine (C=N–C) groups is 1. The number of amidine groups is 1. The molecule has 1 unspecified atom stereocenters. The Hall–Kier alpha value is -1.10. The quantitative estimate of drug-likeness (QED) is 0.800. The average Bonchev–Trinajstić information content (AvgIpc) is 2.65. The fraction of sp³-hybridized carbons (Fsp3) is 0.538. The fourth-order valence-electron chi connectivity index (χ4n) is 2.37. The van der Waals surface area contributed by atoms with Crippen LogP contribution in [0.3, 0.4) is 0 Å². The summed E-state index contributed by atoms with van der Waals surface area (Å²) in [4.78, 5) is 20.9. The third kappa shape index (κ3) is 2.23. The summed E-state index contributed by atoms with van der Waals surface area (Å²) in [5.74, 6) is 1.02. The number of nitrogens with zero attached hydrogens (tertiary/aromatic N) is 3. The Bertz CT molecular complexity index is 438. The molecule has 2 aliphatic rings. The minimum absolute atomic E-state index is 0.00704. The Kier molecular flexibility index (Phi) is 3.90. The molecule has 0 bridgehead atoms. The number of likely N-dealkylation sites (N-methyl/N-ethyl adjacent to an activating group) is 1. The number of fused-ring (bicyclic) bond motifs is 1. The maximum atomic E-state index is 12.5. The first-order chi connectivity index (χ1) is 8.58. The summed E-state index contributed by atoms with van der Waals surface area (Å²) in [7, 11) is 0. The van der Waals surface area contributed by atoms with Crippen LogP contribution in [0.15, 0.2) is 27.8 Å². The molecule has 98 valence electrons. The van der Waals surface area contributed by atoms with Crippen LogP contribution >= 0.6 is 15.9 Å². The summed E-state index contributed by atoms with van der Waals surface area (Å²) in [5.41, 5.74) is 0. The highest BCUT2D eigenvalue weighted by atomic mass is 79.9. The number of rotatable bonds is 3. The van der Waals surface area contributed by atoms with Gasteiger partial charge in [0.15, 0.2) is 0 Å². The van der Waals surface area contributed by atoms with Crippen LogP contribution in [0.1, 0.15) is 20.8 Å². The van der Waals surface area contributed by atoms with E-state index in [1.54, 1.807) is 0 Å². The Morgan fingerprint density at radius 3 is 2.72 bits per heavy atom. The Morgan fingerprint density at radius 2 is 2.11 bits per heavy atom. The molecule has 0 spiro atoms. The minimum atomic E-state index is -0.211. The lowest BCUT2D eigenvalue weighted by Gasteiger charge is -2.30. The summed E-state index contributed by atoms with van der Waals surface area (Å²) in [5, 5.41) is 0. The molecule has 1 amide bonds. The molecule has 2 atom stereocenters. The molecule has 0 aromatic heterocycles. The van der Waals surface area contributed by atoms with Crippen LogP contribution < -0.4 is 0 Å². The van der Waals surface area contributed by atoms with Gasteiger partial charge in [0.2, 0.25) is 5.91 Å². The van der Waals surface area contributed by atoms with E-state index < -0.39 is 0 Å². The Labute approximate surface area is 116 Å². The maximum absolute atomic E-state index is 12.5. The second-order valence-corrected chi connectivity index (χ2v) is 5.35. The van der Waals surface area contributed by atoms with Gasteiger partial charge in [-0.05, 0) is 48.9 Å². The van der Waals surface area contributed by atoms with E-state index in [0.29, 0.717) is 0 Å². The molecule has 2 aliphatic heterocycles. The zero-order valence-corrected chi connectivity index (χ0v) is 12.5. The van der Waals surface area contributed by atoms with Crippen molar-refractivity contribution in [2.75, 3.05) is 13.1 Å². The van der Waals surface area contributed by atoms with Crippen molar-refractivity contribution in [1.29, 1.82) is 0 Å². The molecule has 0 radical (unpaired) electrons. The van der Waals surface area contributed by atoms with E-state index in [0.717, 1.165) is 23.4 Å². The van der Waals surface area contributed by atoms with Gasteiger partial charge in [0.25, 0.3) is 0 Å². The van der Waals surface area contributed by atoms with Crippen molar-refractivity contribution in [3.8, 4) is 0 Å². The van der Waals surface area contributed by atoms with Crippen molar-refractivity contribution in [3.05, 3.63) is 22.8 Å². The number of carbonyl (C=O) groups excluding carboxylic acids is 1. The van der Waals surface area contributed by atoms with Gasteiger partial charge in [-0.25, -0.2) is 0 Å². The van der Waals surface area contributed by atoms with Crippen molar-refractivity contribution >= 4 is 27.7 Å². The second-order valence-electron chi connectivity index (χ2n) is 4.44. The molecule has 0 aromatic rings. The highest BCUT2D eigenvalue weighted by Gasteiger charge is 2.39. The zero-order valence-electron chi connectivity index (χ0n) is 10.9. The van der Waals surface area contributed by atoms with Crippen molar-refractivity contribution in [2.24, 2.45) is 4.99 Å². The Morgan fingerprint density at radius 1 is 1.44 bits per heavy atom. The lowest BCUT2D eigenvalue weighted by molar-refractivity contribution is -0.134. The van der Waals surface area contributed by atoms with E-state index in [2.05, 4.69) is 20.9 Å². The second kappa shape index (κ2) is 5.26. The van der Waals surface area contributed by atoms with Crippen LogP contribution in [-0.2, 0) is 4.79 Å². The molecule has 0 saturated carbocycles. The average molecular weight is 312 g/mol. The van der Waals surface area contributed by atoms with Gasteiger partial charge >= 0.3 is 0 Å². The molecule has 0 fully saturated rings. The minimum Gasteiger partial charge on any atom is -0.341 e. The highest BCUT2D eigenvalue weighted by Crippen LogP contribution is 2.26. The summed E-state index contributed by atoms with van der Waals surface area (Å²) in [6, 6.07) is -0.218. The van der Waals surface area contributed by atoms with Crippen molar-refractivity contribution in [3.63, 3.8) is 0 Å². The van der Waals surface area contributed by atoms with Gasteiger partial charge < -0.3 is 9.80 Å². The topological polar surface area (TPSA) is 35.9 Å². The van der Waals surface area contributed by atoms with Crippen molar-refractivity contribution < 1.29 is 4.79 Å². The first kappa shape index (κ1) is 13.3.